The molecule has 5 rings (SSSR count). The molecule has 27 heavy (non-hydrogen) atoms. The maximum Gasteiger partial charge on any atom is 0.0681 e. The molecule has 0 aliphatic rings. The molecule has 6 heteroatoms. The summed E-state index contributed by atoms with van der Waals surface area (Å²) in [5, 5.41) is 7.44. The lowest BCUT2D eigenvalue weighted by atomic mass is 10.1. The summed E-state index contributed by atoms with van der Waals surface area (Å²) >= 11 is 6.44. The van der Waals surface area contributed by atoms with Gasteiger partial charge in [0.05, 0.1) is 29.5 Å². The summed E-state index contributed by atoms with van der Waals surface area (Å²) in [7, 11) is 0. The Hall–Kier alpha value is -3.18. The summed E-state index contributed by atoms with van der Waals surface area (Å²) in [5.74, 6) is 0. The van der Waals surface area contributed by atoms with Crippen molar-refractivity contribution in [1.29, 1.82) is 0 Å². The second kappa shape index (κ2) is 6.21. The molecule has 0 aliphatic heterocycles. The number of hydrogen-bond donors (Lipinski definition) is 1. The molecular weight excluding hydrogens is 358 g/mol. The zero-order chi connectivity index (χ0) is 18.4. The van der Waals surface area contributed by atoms with E-state index in [9.17, 15) is 0 Å². The van der Waals surface area contributed by atoms with Crippen molar-refractivity contribution in [2.24, 2.45) is 0 Å². The number of aryl methyl sites for hydroxylation is 1. The molecule has 0 saturated carbocycles. The Balaban J connectivity index is 1.65. The topological polar surface area (TPSA) is 59.4 Å². The molecule has 0 atom stereocenters. The average Bonchev–Trinajstić information content (AvgIpc) is 3.28. The fraction of sp³-hybridized carbons (Fsp3) is 0.0952. The number of hydrogen-bond acceptors (Lipinski definition) is 3. The predicted molar refractivity (Wildman–Crippen MR) is 108 cm³/mol. The van der Waals surface area contributed by atoms with Gasteiger partial charge in [0.1, 0.15) is 0 Å². The summed E-state index contributed by atoms with van der Waals surface area (Å²) in [4.78, 5) is 12.1. The van der Waals surface area contributed by atoms with E-state index >= 15 is 0 Å². The van der Waals surface area contributed by atoms with Gasteiger partial charge in [-0.25, -0.2) is 0 Å². The SMILES string of the molecule is Cc1nccc2c1[nH]c1c(-c3cnn(Cc4cccnc4)c3)cc(Cl)cc12. The minimum Gasteiger partial charge on any atom is -0.353 e. The number of nitrogens with one attached hydrogen (secondary N) is 1. The Bertz CT molecular complexity index is 1270. The highest BCUT2D eigenvalue weighted by molar-refractivity contribution is 6.32. The molecule has 5 nitrogen and oxygen atoms in total. The summed E-state index contributed by atoms with van der Waals surface area (Å²) < 4.78 is 1.91. The minimum atomic E-state index is 0.674. The van der Waals surface area contributed by atoms with Gasteiger partial charge in [-0.15, -0.1) is 0 Å². The summed E-state index contributed by atoms with van der Waals surface area (Å²) in [6.45, 7) is 2.68. The molecule has 0 bridgehead atoms. The van der Waals surface area contributed by atoms with E-state index in [4.69, 9.17) is 11.6 Å². The third kappa shape index (κ3) is 2.76. The van der Waals surface area contributed by atoms with Gasteiger partial charge in [-0.2, -0.15) is 5.10 Å². The van der Waals surface area contributed by atoms with Gasteiger partial charge < -0.3 is 4.98 Å². The first-order chi connectivity index (χ1) is 13.2. The van der Waals surface area contributed by atoms with Crippen molar-refractivity contribution in [1.82, 2.24) is 24.7 Å². The lowest BCUT2D eigenvalue weighted by molar-refractivity contribution is 0.685. The molecule has 0 aliphatic carbocycles. The van der Waals surface area contributed by atoms with Crippen molar-refractivity contribution < 1.29 is 0 Å². The van der Waals surface area contributed by atoms with Crippen LogP contribution in [0.1, 0.15) is 11.3 Å². The average molecular weight is 374 g/mol. The van der Waals surface area contributed by atoms with E-state index in [0.717, 1.165) is 44.2 Å². The van der Waals surface area contributed by atoms with Gasteiger partial charge in [-0.3, -0.25) is 14.6 Å². The highest BCUT2D eigenvalue weighted by Crippen LogP contribution is 2.36. The highest BCUT2D eigenvalue weighted by atomic mass is 35.5. The van der Waals surface area contributed by atoms with Crippen LogP contribution in [-0.2, 0) is 6.54 Å². The summed E-state index contributed by atoms with van der Waals surface area (Å²) in [6, 6.07) is 9.97. The second-order valence-electron chi connectivity index (χ2n) is 6.61. The molecule has 0 amide bonds. The first-order valence-corrected chi connectivity index (χ1v) is 9.05. The van der Waals surface area contributed by atoms with Crippen LogP contribution in [0.25, 0.3) is 32.9 Å². The van der Waals surface area contributed by atoms with E-state index in [2.05, 4.69) is 20.1 Å². The van der Waals surface area contributed by atoms with Crippen LogP contribution < -0.4 is 0 Å². The number of aromatic nitrogens is 5. The Labute approximate surface area is 160 Å². The van der Waals surface area contributed by atoms with Crippen molar-refractivity contribution >= 4 is 33.4 Å². The zero-order valence-corrected chi connectivity index (χ0v) is 15.4. The number of halogens is 1. The molecule has 0 saturated heterocycles. The third-order valence-corrected chi connectivity index (χ3v) is 5.01. The molecule has 4 aromatic heterocycles. The standard InChI is InChI=1S/C21H16ClN5/c1-13-20-17(4-6-24-13)19-8-16(22)7-18(21(19)26-20)15-10-25-27(12-15)11-14-3-2-5-23-9-14/h2-10,12,26H,11H2,1H3. The molecule has 4 heterocycles. The number of fused-ring (bicyclic) bond motifs is 3. The predicted octanol–water partition coefficient (Wildman–Crippen LogP) is 4.98. The quantitative estimate of drug-likeness (QED) is 0.485. The van der Waals surface area contributed by atoms with Crippen LogP contribution in [0.2, 0.25) is 5.02 Å². The van der Waals surface area contributed by atoms with Crippen molar-refractivity contribution in [2.75, 3.05) is 0 Å². The van der Waals surface area contributed by atoms with Crippen LogP contribution in [0.3, 0.4) is 0 Å². The molecule has 1 N–H and O–H groups in total. The lowest BCUT2D eigenvalue weighted by Gasteiger charge is -2.03. The van der Waals surface area contributed by atoms with Crippen LogP contribution >= 0.6 is 11.6 Å². The van der Waals surface area contributed by atoms with Crippen molar-refractivity contribution in [3.05, 3.63) is 77.6 Å². The van der Waals surface area contributed by atoms with Crippen molar-refractivity contribution in [3.8, 4) is 11.1 Å². The number of aromatic amines is 1. The van der Waals surface area contributed by atoms with E-state index < -0.39 is 0 Å². The van der Waals surface area contributed by atoms with Crippen LogP contribution in [0, 0.1) is 6.92 Å². The number of rotatable bonds is 3. The fourth-order valence-electron chi connectivity index (χ4n) is 3.52. The largest absolute Gasteiger partial charge is 0.353 e. The number of pyridine rings is 2. The van der Waals surface area contributed by atoms with Gasteiger partial charge in [-0.05, 0) is 36.8 Å². The monoisotopic (exact) mass is 373 g/mol. The molecule has 0 unspecified atom stereocenters. The highest BCUT2D eigenvalue weighted by Gasteiger charge is 2.14. The molecule has 0 fully saturated rings. The number of nitrogens with zero attached hydrogens (tertiary/aromatic N) is 4. The second-order valence-corrected chi connectivity index (χ2v) is 7.04. The van der Waals surface area contributed by atoms with Crippen molar-refractivity contribution in [3.63, 3.8) is 0 Å². The maximum atomic E-state index is 6.44. The number of benzene rings is 1. The Morgan fingerprint density at radius 1 is 1.07 bits per heavy atom. The van der Waals surface area contributed by atoms with Crippen LogP contribution in [0.4, 0.5) is 0 Å². The molecule has 132 valence electrons. The smallest absolute Gasteiger partial charge is 0.0681 e. The minimum absolute atomic E-state index is 0.674. The maximum absolute atomic E-state index is 6.44. The van der Waals surface area contributed by atoms with Gasteiger partial charge in [0, 0.05) is 51.7 Å². The van der Waals surface area contributed by atoms with Crippen LogP contribution in [0.5, 0.6) is 0 Å². The van der Waals surface area contributed by atoms with E-state index in [0.29, 0.717) is 11.6 Å². The van der Waals surface area contributed by atoms with E-state index in [1.54, 1.807) is 6.20 Å². The summed E-state index contributed by atoms with van der Waals surface area (Å²) in [6.07, 6.45) is 9.37. The van der Waals surface area contributed by atoms with E-state index in [1.807, 2.05) is 66.7 Å². The van der Waals surface area contributed by atoms with Gasteiger partial charge in [0.25, 0.3) is 0 Å². The Morgan fingerprint density at radius 2 is 2.00 bits per heavy atom. The molecular formula is C21H16ClN5. The van der Waals surface area contributed by atoms with Gasteiger partial charge in [-0.1, -0.05) is 17.7 Å². The van der Waals surface area contributed by atoms with E-state index in [1.165, 1.54) is 0 Å². The molecule has 0 spiro atoms. The first kappa shape index (κ1) is 16.0. The molecule has 5 aromatic rings. The first-order valence-electron chi connectivity index (χ1n) is 8.67. The van der Waals surface area contributed by atoms with Gasteiger partial charge >= 0.3 is 0 Å². The van der Waals surface area contributed by atoms with Gasteiger partial charge in [0.15, 0.2) is 0 Å². The Morgan fingerprint density at radius 3 is 2.85 bits per heavy atom. The van der Waals surface area contributed by atoms with Gasteiger partial charge in [0.2, 0.25) is 0 Å². The van der Waals surface area contributed by atoms with Crippen LogP contribution in [0.15, 0.2) is 61.3 Å². The van der Waals surface area contributed by atoms with Crippen molar-refractivity contribution in [2.45, 2.75) is 13.5 Å². The molecule has 0 radical (unpaired) electrons. The van der Waals surface area contributed by atoms with E-state index in [-0.39, 0.29) is 0 Å². The zero-order valence-electron chi connectivity index (χ0n) is 14.6. The normalized spacial score (nSPS) is 11.5. The molecule has 1 aromatic carbocycles. The number of H-pyrrole nitrogens is 1. The Kier molecular flexibility index (Phi) is 3.69. The fourth-order valence-corrected chi connectivity index (χ4v) is 3.74. The summed E-state index contributed by atoms with van der Waals surface area (Å²) in [5.41, 5.74) is 6.22. The third-order valence-electron chi connectivity index (χ3n) is 4.80. The lowest BCUT2D eigenvalue weighted by Crippen LogP contribution is -1.99. The van der Waals surface area contributed by atoms with Crippen LogP contribution in [-0.4, -0.2) is 24.7 Å².